The van der Waals surface area contributed by atoms with Gasteiger partial charge in [0.1, 0.15) is 0 Å². The van der Waals surface area contributed by atoms with Crippen LogP contribution in [0, 0.1) is 11.8 Å². The number of ether oxygens (including phenoxy) is 1. The predicted molar refractivity (Wildman–Crippen MR) is 105 cm³/mol. The van der Waals surface area contributed by atoms with E-state index in [-0.39, 0.29) is 0 Å². The maximum Gasteiger partial charge on any atom is 0.194 e. The van der Waals surface area contributed by atoms with Gasteiger partial charge in [-0.3, -0.25) is 14.8 Å². The quantitative estimate of drug-likeness (QED) is 0.550. The highest BCUT2D eigenvalue weighted by molar-refractivity contribution is 5.80. The van der Waals surface area contributed by atoms with Crippen LogP contribution < -0.4 is 5.32 Å². The first kappa shape index (κ1) is 20.5. The molecule has 2 fully saturated rings. The van der Waals surface area contributed by atoms with Gasteiger partial charge in [0.25, 0.3) is 0 Å². The molecule has 0 bridgehead atoms. The summed E-state index contributed by atoms with van der Waals surface area (Å²) in [6.07, 6.45) is 0. The van der Waals surface area contributed by atoms with Gasteiger partial charge in [-0.15, -0.1) is 0 Å². The molecule has 2 heterocycles. The minimum atomic E-state index is 0.578. The zero-order chi connectivity index (χ0) is 18.1. The van der Waals surface area contributed by atoms with E-state index in [0.29, 0.717) is 5.92 Å². The van der Waals surface area contributed by atoms with Gasteiger partial charge in [0.15, 0.2) is 5.96 Å². The van der Waals surface area contributed by atoms with Crippen LogP contribution in [-0.4, -0.2) is 99.3 Å². The average molecular weight is 354 g/mol. The van der Waals surface area contributed by atoms with Crippen LogP contribution in [0.25, 0.3) is 0 Å². The van der Waals surface area contributed by atoms with Gasteiger partial charge in [-0.05, 0) is 18.8 Å². The van der Waals surface area contributed by atoms with E-state index < -0.39 is 0 Å². The second-order valence-electron chi connectivity index (χ2n) is 7.89. The van der Waals surface area contributed by atoms with Crippen molar-refractivity contribution in [2.45, 2.75) is 27.7 Å². The summed E-state index contributed by atoms with van der Waals surface area (Å²) in [7, 11) is 0. The summed E-state index contributed by atoms with van der Waals surface area (Å²) in [6, 6.07) is 0. The van der Waals surface area contributed by atoms with Gasteiger partial charge in [-0.1, -0.05) is 20.8 Å². The Balaban J connectivity index is 1.79. The number of hydrogen-bond donors (Lipinski definition) is 1. The Labute approximate surface area is 154 Å². The van der Waals surface area contributed by atoms with Gasteiger partial charge < -0.3 is 15.0 Å². The van der Waals surface area contributed by atoms with Crippen LogP contribution in [0.2, 0.25) is 0 Å². The SMILES string of the molecule is CCNC(=NCC(C)CN1CCOCC1)N1CCN(CC(C)C)CC1. The van der Waals surface area contributed by atoms with Gasteiger partial charge in [-0.2, -0.15) is 0 Å². The van der Waals surface area contributed by atoms with Gasteiger partial charge in [0.05, 0.1) is 13.2 Å². The number of guanidine groups is 1. The summed E-state index contributed by atoms with van der Waals surface area (Å²) in [5.41, 5.74) is 0. The van der Waals surface area contributed by atoms with Crippen molar-refractivity contribution in [3.8, 4) is 0 Å². The molecule has 146 valence electrons. The van der Waals surface area contributed by atoms with Crippen molar-refractivity contribution in [1.82, 2.24) is 20.0 Å². The van der Waals surface area contributed by atoms with Crippen LogP contribution in [-0.2, 0) is 4.74 Å². The van der Waals surface area contributed by atoms with Crippen molar-refractivity contribution >= 4 is 5.96 Å². The molecule has 0 aromatic carbocycles. The fraction of sp³-hybridized carbons (Fsp3) is 0.947. The zero-order valence-corrected chi connectivity index (χ0v) is 16.8. The van der Waals surface area contributed by atoms with Crippen LogP contribution in [0.4, 0.5) is 0 Å². The highest BCUT2D eigenvalue weighted by Gasteiger charge is 2.20. The number of nitrogens with zero attached hydrogens (tertiary/aromatic N) is 4. The second kappa shape index (κ2) is 11.0. The minimum Gasteiger partial charge on any atom is -0.379 e. The normalized spacial score (nSPS) is 22.4. The predicted octanol–water partition coefficient (Wildman–Crippen LogP) is 1.19. The summed E-state index contributed by atoms with van der Waals surface area (Å²) >= 11 is 0. The number of aliphatic imine (C=N–C) groups is 1. The molecule has 2 aliphatic heterocycles. The Morgan fingerprint density at radius 1 is 0.960 bits per heavy atom. The van der Waals surface area contributed by atoms with Crippen molar-refractivity contribution in [3.63, 3.8) is 0 Å². The molecular formula is C19H39N5O. The molecule has 0 amide bonds. The maximum absolute atomic E-state index is 5.43. The second-order valence-corrected chi connectivity index (χ2v) is 7.89. The summed E-state index contributed by atoms with van der Waals surface area (Å²) < 4.78 is 5.43. The molecule has 2 rings (SSSR count). The molecule has 0 aliphatic carbocycles. The maximum atomic E-state index is 5.43. The number of hydrogen-bond acceptors (Lipinski definition) is 4. The Kier molecular flexibility index (Phi) is 8.99. The first-order valence-electron chi connectivity index (χ1n) is 10.1. The Hall–Kier alpha value is -0.850. The molecule has 1 unspecified atom stereocenters. The first-order chi connectivity index (χ1) is 12.1. The van der Waals surface area contributed by atoms with E-state index in [2.05, 4.69) is 47.7 Å². The molecule has 0 spiro atoms. The molecule has 25 heavy (non-hydrogen) atoms. The van der Waals surface area contributed by atoms with E-state index >= 15 is 0 Å². The Bertz CT molecular complexity index is 387. The van der Waals surface area contributed by atoms with Crippen molar-refractivity contribution in [1.29, 1.82) is 0 Å². The van der Waals surface area contributed by atoms with Crippen molar-refractivity contribution in [3.05, 3.63) is 0 Å². The molecule has 1 N–H and O–H groups in total. The monoisotopic (exact) mass is 353 g/mol. The Morgan fingerprint density at radius 2 is 1.60 bits per heavy atom. The van der Waals surface area contributed by atoms with Crippen molar-refractivity contribution in [2.75, 3.05) is 78.7 Å². The van der Waals surface area contributed by atoms with Crippen LogP contribution in [0.1, 0.15) is 27.7 Å². The van der Waals surface area contributed by atoms with E-state index in [0.717, 1.165) is 84.0 Å². The number of rotatable bonds is 7. The number of nitrogens with one attached hydrogen (secondary N) is 1. The fourth-order valence-corrected chi connectivity index (χ4v) is 3.61. The lowest BCUT2D eigenvalue weighted by atomic mass is 10.1. The molecule has 1 atom stereocenters. The van der Waals surface area contributed by atoms with E-state index in [1.807, 2.05) is 0 Å². The lowest BCUT2D eigenvalue weighted by Gasteiger charge is -2.37. The standard InChI is InChI=1S/C19H39N5O/c1-5-20-19(24-8-6-22(7-9-24)15-17(2)3)21-14-18(4)16-23-10-12-25-13-11-23/h17-18H,5-16H2,1-4H3,(H,20,21). The minimum absolute atomic E-state index is 0.578. The van der Waals surface area contributed by atoms with E-state index in [1.54, 1.807) is 0 Å². The lowest BCUT2D eigenvalue weighted by Crippen LogP contribution is -2.53. The van der Waals surface area contributed by atoms with E-state index in [9.17, 15) is 0 Å². The molecule has 0 aromatic heterocycles. The topological polar surface area (TPSA) is 43.3 Å². The third-order valence-corrected chi connectivity index (χ3v) is 4.86. The summed E-state index contributed by atoms with van der Waals surface area (Å²) in [5.74, 6) is 2.42. The lowest BCUT2D eigenvalue weighted by molar-refractivity contribution is 0.0323. The molecule has 6 heteroatoms. The van der Waals surface area contributed by atoms with Gasteiger partial charge in [0.2, 0.25) is 0 Å². The molecule has 2 saturated heterocycles. The van der Waals surface area contributed by atoms with Gasteiger partial charge in [-0.25, -0.2) is 0 Å². The van der Waals surface area contributed by atoms with Gasteiger partial charge in [0, 0.05) is 65.4 Å². The first-order valence-corrected chi connectivity index (χ1v) is 10.1. The van der Waals surface area contributed by atoms with Crippen LogP contribution in [0.15, 0.2) is 4.99 Å². The molecule has 0 radical (unpaired) electrons. The largest absolute Gasteiger partial charge is 0.379 e. The molecule has 2 aliphatic rings. The highest BCUT2D eigenvalue weighted by Crippen LogP contribution is 2.07. The number of piperazine rings is 1. The summed E-state index contributed by atoms with van der Waals surface area (Å²) in [4.78, 5) is 12.5. The summed E-state index contributed by atoms with van der Waals surface area (Å²) in [5, 5.41) is 3.49. The summed E-state index contributed by atoms with van der Waals surface area (Å²) in [6.45, 7) is 21.5. The van der Waals surface area contributed by atoms with E-state index in [1.165, 1.54) is 6.54 Å². The van der Waals surface area contributed by atoms with Crippen LogP contribution in [0.5, 0.6) is 0 Å². The molecule has 6 nitrogen and oxygen atoms in total. The third kappa shape index (κ3) is 7.50. The van der Waals surface area contributed by atoms with Gasteiger partial charge >= 0.3 is 0 Å². The van der Waals surface area contributed by atoms with Crippen molar-refractivity contribution < 1.29 is 4.74 Å². The van der Waals surface area contributed by atoms with Crippen LogP contribution in [0.3, 0.4) is 0 Å². The third-order valence-electron chi connectivity index (χ3n) is 4.86. The van der Waals surface area contributed by atoms with Crippen LogP contribution >= 0.6 is 0 Å². The fourth-order valence-electron chi connectivity index (χ4n) is 3.61. The highest BCUT2D eigenvalue weighted by atomic mass is 16.5. The zero-order valence-electron chi connectivity index (χ0n) is 16.8. The average Bonchev–Trinajstić information content (AvgIpc) is 2.60. The molecular weight excluding hydrogens is 314 g/mol. The molecule has 0 saturated carbocycles. The van der Waals surface area contributed by atoms with Crippen molar-refractivity contribution in [2.24, 2.45) is 16.8 Å². The Morgan fingerprint density at radius 3 is 2.20 bits per heavy atom. The smallest absolute Gasteiger partial charge is 0.194 e. The molecule has 0 aromatic rings. The number of morpholine rings is 1. The van der Waals surface area contributed by atoms with E-state index in [4.69, 9.17) is 9.73 Å².